The summed E-state index contributed by atoms with van der Waals surface area (Å²) in [5, 5.41) is 13.5. The summed E-state index contributed by atoms with van der Waals surface area (Å²) in [7, 11) is 1.77. The molecule has 0 spiro atoms. The number of hydrogen-bond acceptors (Lipinski definition) is 4. The van der Waals surface area contributed by atoms with Gasteiger partial charge in [0, 0.05) is 6.54 Å². The van der Waals surface area contributed by atoms with Crippen molar-refractivity contribution in [2.45, 2.75) is 6.54 Å². The summed E-state index contributed by atoms with van der Waals surface area (Å²) in [4.78, 5) is 9.64. The zero-order chi connectivity index (χ0) is 15.4. The first-order valence-corrected chi connectivity index (χ1v) is 6.06. The number of nitrogens with zero attached hydrogens (tertiary/aromatic N) is 1. The molecule has 0 saturated carbocycles. The van der Waals surface area contributed by atoms with Crippen LogP contribution in [0.15, 0.2) is 36.4 Å². The topological polar surface area (TPSA) is 64.4 Å². The summed E-state index contributed by atoms with van der Waals surface area (Å²) in [6.45, 7) is 0.572. The second kappa shape index (κ2) is 6.27. The summed E-state index contributed by atoms with van der Waals surface area (Å²) in [6, 6.07) is 7.91. The third-order valence-corrected chi connectivity index (χ3v) is 2.69. The summed E-state index contributed by atoms with van der Waals surface area (Å²) >= 11 is 0. The molecule has 0 atom stereocenters. The van der Waals surface area contributed by atoms with Crippen molar-refractivity contribution in [3.8, 4) is 11.5 Å². The van der Waals surface area contributed by atoms with Crippen LogP contribution in [0.25, 0.3) is 0 Å². The minimum absolute atomic E-state index is 0.245. The van der Waals surface area contributed by atoms with Crippen molar-refractivity contribution in [3.05, 3.63) is 63.7 Å². The lowest BCUT2D eigenvalue weighted by atomic mass is 10.2. The molecule has 0 bridgehead atoms. The van der Waals surface area contributed by atoms with Crippen LogP contribution >= 0.6 is 0 Å². The predicted molar refractivity (Wildman–Crippen MR) is 72.3 cm³/mol. The van der Waals surface area contributed by atoms with E-state index in [1.165, 1.54) is 0 Å². The highest BCUT2D eigenvalue weighted by atomic mass is 19.1. The molecule has 0 aliphatic heterocycles. The molecule has 2 rings (SSSR count). The van der Waals surface area contributed by atoms with Crippen LogP contribution in [0.3, 0.4) is 0 Å². The molecule has 5 nitrogen and oxygen atoms in total. The van der Waals surface area contributed by atoms with E-state index < -0.39 is 28.0 Å². The van der Waals surface area contributed by atoms with Crippen molar-refractivity contribution in [2.75, 3.05) is 7.05 Å². The molecular formula is C14H12F2N2O3. The fraction of sp³-hybridized carbons (Fsp3) is 0.143. The minimum Gasteiger partial charge on any atom is -0.451 e. The quantitative estimate of drug-likeness (QED) is 0.678. The number of benzene rings is 2. The lowest BCUT2D eigenvalue weighted by Crippen LogP contribution is -2.04. The Kier molecular flexibility index (Phi) is 4.44. The van der Waals surface area contributed by atoms with Crippen molar-refractivity contribution in [3.63, 3.8) is 0 Å². The molecule has 0 heterocycles. The van der Waals surface area contributed by atoms with Gasteiger partial charge in [0.1, 0.15) is 5.75 Å². The maximum atomic E-state index is 13.7. The molecule has 1 N–H and O–H groups in total. The molecule has 0 aromatic heterocycles. The van der Waals surface area contributed by atoms with Crippen LogP contribution in [0.2, 0.25) is 0 Å². The summed E-state index contributed by atoms with van der Waals surface area (Å²) in [5.74, 6) is -2.67. The second-order valence-corrected chi connectivity index (χ2v) is 4.28. The van der Waals surface area contributed by atoms with Crippen LogP contribution in [0.5, 0.6) is 11.5 Å². The van der Waals surface area contributed by atoms with Crippen LogP contribution in [0.1, 0.15) is 5.56 Å². The fourth-order valence-corrected chi connectivity index (χ4v) is 1.79. The molecule has 0 saturated heterocycles. The zero-order valence-corrected chi connectivity index (χ0v) is 11.1. The Labute approximate surface area is 119 Å². The van der Waals surface area contributed by atoms with Crippen molar-refractivity contribution in [1.29, 1.82) is 0 Å². The average molecular weight is 294 g/mol. The number of halogens is 2. The number of ether oxygens (including phenoxy) is 1. The van der Waals surface area contributed by atoms with E-state index in [1.54, 1.807) is 25.2 Å². The van der Waals surface area contributed by atoms with Gasteiger partial charge in [-0.25, -0.2) is 8.78 Å². The monoisotopic (exact) mass is 294 g/mol. The van der Waals surface area contributed by atoms with Crippen LogP contribution in [0, 0.1) is 21.7 Å². The van der Waals surface area contributed by atoms with E-state index in [4.69, 9.17) is 4.74 Å². The maximum absolute atomic E-state index is 13.7. The summed E-state index contributed by atoms with van der Waals surface area (Å²) in [6.07, 6.45) is 0. The van der Waals surface area contributed by atoms with E-state index in [1.807, 2.05) is 6.07 Å². The number of nitro benzene ring substituents is 1. The normalized spacial score (nSPS) is 10.4. The molecule has 7 heteroatoms. The Morgan fingerprint density at radius 2 is 1.90 bits per heavy atom. The zero-order valence-electron chi connectivity index (χ0n) is 11.1. The first-order valence-electron chi connectivity index (χ1n) is 6.06. The molecule has 0 unspecified atom stereocenters. The van der Waals surface area contributed by atoms with Crippen molar-refractivity contribution in [1.82, 2.24) is 5.32 Å². The van der Waals surface area contributed by atoms with Gasteiger partial charge in [0.25, 0.3) is 5.69 Å². The molecular weight excluding hydrogens is 282 g/mol. The highest BCUT2D eigenvalue weighted by Gasteiger charge is 2.18. The lowest BCUT2D eigenvalue weighted by molar-refractivity contribution is -0.385. The molecule has 0 radical (unpaired) electrons. The molecule has 21 heavy (non-hydrogen) atoms. The summed E-state index contributed by atoms with van der Waals surface area (Å²) < 4.78 is 32.6. The smallest absolute Gasteiger partial charge is 0.275 e. The molecule has 2 aromatic rings. The van der Waals surface area contributed by atoms with Crippen LogP contribution in [-0.4, -0.2) is 12.0 Å². The minimum atomic E-state index is -1.12. The number of hydrogen-bond donors (Lipinski definition) is 1. The summed E-state index contributed by atoms with van der Waals surface area (Å²) in [5.41, 5.74) is 0.207. The first-order chi connectivity index (χ1) is 10.0. The number of non-ortho nitro benzene ring substituents is 1. The third-order valence-electron chi connectivity index (χ3n) is 2.69. The van der Waals surface area contributed by atoms with Gasteiger partial charge < -0.3 is 10.1 Å². The highest BCUT2D eigenvalue weighted by Crippen LogP contribution is 2.31. The van der Waals surface area contributed by atoms with Gasteiger partial charge >= 0.3 is 0 Å². The van der Waals surface area contributed by atoms with E-state index in [9.17, 15) is 18.9 Å². The van der Waals surface area contributed by atoms with Crippen molar-refractivity contribution in [2.24, 2.45) is 0 Å². The van der Waals surface area contributed by atoms with E-state index in [2.05, 4.69) is 5.32 Å². The van der Waals surface area contributed by atoms with E-state index in [0.717, 1.165) is 5.56 Å². The number of rotatable bonds is 5. The van der Waals surface area contributed by atoms with Crippen molar-refractivity contribution < 1.29 is 18.4 Å². The second-order valence-electron chi connectivity index (χ2n) is 4.28. The Bertz CT molecular complexity index is 654. The first kappa shape index (κ1) is 14.9. The Balaban J connectivity index is 2.31. The third kappa shape index (κ3) is 3.51. The standard InChI is InChI=1S/C14H12F2N2O3/c1-17-8-9-3-2-4-11(5-9)21-14-12(15)6-10(18(19)20)7-13(14)16/h2-7,17H,8H2,1H3. The molecule has 0 fully saturated rings. The van der Waals surface area contributed by atoms with E-state index in [0.29, 0.717) is 18.7 Å². The molecule has 110 valence electrons. The molecule has 0 aliphatic carbocycles. The van der Waals surface area contributed by atoms with Gasteiger partial charge in [-0.05, 0) is 24.7 Å². The fourth-order valence-electron chi connectivity index (χ4n) is 1.79. The Morgan fingerprint density at radius 1 is 1.24 bits per heavy atom. The average Bonchev–Trinajstić information content (AvgIpc) is 2.43. The Hall–Kier alpha value is -2.54. The molecule has 0 aliphatic rings. The lowest BCUT2D eigenvalue weighted by Gasteiger charge is -2.09. The van der Waals surface area contributed by atoms with Gasteiger partial charge in [-0.2, -0.15) is 0 Å². The van der Waals surface area contributed by atoms with Gasteiger partial charge in [-0.1, -0.05) is 12.1 Å². The van der Waals surface area contributed by atoms with Gasteiger partial charge in [-0.15, -0.1) is 0 Å². The van der Waals surface area contributed by atoms with Crippen LogP contribution in [-0.2, 0) is 6.54 Å². The highest BCUT2D eigenvalue weighted by molar-refractivity contribution is 5.42. The van der Waals surface area contributed by atoms with Gasteiger partial charge in [0.05, 0.1) is 17.1 Å². The Morgan fingerprint density at radius 3 is 2.48 bits per heavy atom. The molecule has 0 amide bonds. The molecule has 2 aromatic carbocycles. The van der Waals surface area contributed by atoms with Gasteiger partial charge in [0.15, 0.2) is 17.4 Å². The number of nitro groups is 1. The van der Waals surface area contributed by atoms with Crippen molar-refractivity contribution >= 4 is 5.69 Å². The van der Waals surface area contributed by atoms with Gasteiger partial charge in [-0.3, -0.25) is 10.1 Å². The van der Waals surface area contributed by atoms with E-state index in [-0.39, 0.29) is 5.75 Å². The van der Waals surface area contributed by atoms with E-state index >= 15 is 0 Å². The number of nitrogens with one attached hydrogen (secondary N) is 1. The largest absolute Gasteiger partial charge is 0.451 e. The predicted octanol–water partition coefficient (Wildman–Crippen LogP) is 3.38. The maximum Gasteiger partial charge on any atom is 0.275 e. The SMILES string of the molecule is CNCc1cccc(Oc2c(F)cc([N+](=O)[O-])cc2F)c1. The van der Waals surface area contributed by atoms with Gasteiger partial charge in [0.2, 0.25) is 0 Å². The van der Waals surface area contributed by atoms with Crippen LogP contribution in [0.4, 0.5) is 14.5 Å². The van der Waals surface area contributed by atoms with Crippen LogP contribution < -0.4 is 10.1 Å².